The molecule has 5 heteroatoms. The Hall–Kier alpha value is -3.60. The van der Waals surface area contributed by atoms with Gasteiger partial charge in [0.2, 0.25) is 0 Å². The first-order valence-corrected chi connectivity index (χ1v) is 9.82. The first-order chi connectivity index (χ1) is 14.6. The van der Waals surface area contributed by atoms with E-state index in [9.17, 15) is 9.59 Å². The maximum Gasteiger partial charge on any atom is 0.259 e. The van der Waals surface area contributed by atoms with Crippen LogP contribution in [0, 0.1) is 0 Å². The van der Waals surface area contributed by atoms with Crippen molar-refractivity contribution < 1.29 is 19.1 Å². The number of nitrogens with one attached hydrogen (secondary N) is 1. The predicted octanol–water partition coefficient (Wildman–Crippen LogP) is 5.16. The van der Waals surface area contributed by atoms with E-state index in [0.29, 0.717) is 34.7 Å². The maximum atomic E-state index is 12.9. The summed E-state index contributed by atoms with van der Waals surface area (Å²) in [6, 6.07) is 22.2. The summed E-state index contributed by atoms with van der Waals surface area (Å²) < 4.78 is 10.7. The zero-order chi connectivity index (χ0) is 21.3. The van der Waals surface area contributed by atoms with Crippen molar-refractivity contribution in [3.63, 3.8) is 0 Å². The summed E-state index contributed by atoms with van der Waals surface area (Å²) >= 11 is 0. The van der Waals surface area contributed by atoms with Crippen LogP contribution in [-0.4, -0.2) is 25.9 Å². The average molecular weight is 403 g/mol. The molecule has 0 aliphatic rings. The number of ketones is 1. The van der Waals surface area contributed by atoms with Crippen molar-refractivity contribution in [3.8, 4) is 11.5 Å². The molecule has 3 aromatic carbocycles. The van der Waals surface area contributed by atoms with Crippen LogP contribution in [-0.2, 0) is 6.42 Å². The van der Waals surface area contributed by atoms with Crippen LogP contribution >= 0.6 is 0 Å². The van der Waals surface area contributed by atoms with E-state index in [1.165, 1.54) is 19.8 Å². The highest BCUT2D eigenvalue weighted by atomic mass is 16.5. The molecule has 0 atom stereocenters. The number of ether oxygens (including phenoxy) is 2. The summed E-state index contributed by atoms with van der Waals surface area (Å²) in [6.07, 6.45) is 1.92. The number of Topliss-reactive ketones (excluding diaryl/α,β-unsaturated/α-hetero) is 1. The molecule has 0 aliphatic heterocycles. The van der Waals surface area contributed by atoms with Gasteiger partial charge in [-0.05, 0) is 42.7 Å². The molecule has 154 valence electrons. The Morgan fingerprint density at radius 3 is 2.13 bits per heavy atom. The molecule has 0 radical (unpaired) electrons. The Bertz CT molecular complexity index is 1010. The number of hydrogen-bond donors (Lipinski definition) is 1. The lowest BCUT2D eigenvalue weighted by molar-refractivity contribution is 0.0981. The molecule has 1 N–H and O–H groups in total. The second-order valence-corrected chi connectivity index (χ2v) is 6.80. The van der Waals surface area contributed by atoms with Crippen LogP contribution in [0.2, 0.25) is 0 Å². The van der Waals surface area contributed by atoms with Gasteiger partial charge in [0.15, 0.2) is 5.78 Å². The Morgan fingerprint density at radius 1 is 0.767 bits per heavy atom. The molecule has 3 aromatic rings. The molecule has 1 amide bonds. The van der Waals surface area contributed by atoms with Crippen LogP contribution in [0.5, 0.6) is 11.5 Å². The third-order valence-corrected chi connectivity index (χ3v) is 4.85. The molecular formula is C25H25NO4. The fourth-order valence-corrected chi connectivity index (χ4v) is 3.31. The van der Waals surface area contributed by atoms with Gasteiger partial charge in [-0.3, -0.25) is 9.59 Å². The molecule has 0 heterocycles. The van der Waals surface area contributed by atoms with Crippen molar-refractivity contribution in [2.24, 2.45) is 0 Å². The average Bonchev–Trinajstić information content (AvgIpc) is 2.79. The summed E-state index contributed by atoms with van der Waals surface area (Å²) in [7, 11) is 3.02. The second-order valence-electron chi connectivity index (χ2n) is 6.80. The van der Waals surface area contributed by atoms with E-state index < -0.39 is 0 Å². The number of para-hydroxylation sites is 2. The summed E-state index contributed by atoms with van der Waals surface area (Å²) in [4.78, 5) is 25.8. The number of anilines is 1. The number of rotatable bonds is 9. The largest absolute Gasteiger partial charge is 0.496 e. The highest BCUT2D eigenvalue weighted by Crippen LogP contribution is 2.31. The van der Waals surface area contributed by atoms with Gasteiger partial charge in [0.1, 0.15) is 11.5 Å². The fraction of sp³-hybridized carbons (Fsp3) is 0.200. The third-order valence-electron chi connectivity index (χ3n) is 4.85. The molecule has 0 unspecified atom stereocenters. The van der Waals surface area contributed by atoms with Crippen LogP contribution in [0.15, 0.2) is 72.8 Å². The van der Waals surface area contributed by atoms with E-state index in [-0.39, 0.29) is 11.7 Å². The van der Waals surface area contributed by atoms with Crippen LogP contribution in [0.1, 0.15) is 39.1 Å². The van der Waals surface area contributed by atoms with E-state index in [0.717, 1.165) is 12.8 Å². The van der Waals surface area contributed by atoms with Gasteiger partial charge >= 0.3 is 0 Å². The monoisotopic (exact) mass is 403 g/mol. The molecule has 3 rings (SSSR count). The molecular weight excluding hydrogens is 378 g/mol. The van der Waals surface area contributed by atoms with Gasteiger partial charge < -0.3 is 14.8 Å². The predicted molar refractivity (Wildman–Crippen MR) is 118 cm³/mol. The summed E-state index contributed by atoms with van der Waals surface area (Å²) in [5.74, 6) is 0.489. The minimum absolute atomic E-state index is 0.0415. The first kappa shape index (κ1) is 21.1. The number of aryl methyl sites for hydroxylation is 1. The van der Waals surface area contributed by atoms with Gasteiger partial charge in [0, 0.05) is 12.0 Å². The number of benzene rings is 3. The van der Waals surface area contributed by atoms with Gasteiger partial charge in [-0.25, -0.2) is 0 Å². The van der Waals surface area contributed by atoms with E-state index in [1.807, 2.05) is 18.2 Å². The Kier molecular flexibility index (Phi) is 7.22. The zero-order valence-electron chi connectivity index (χ0n) is 17.2. The van der Waals surface area contributed by atoms with Crippen molar-refractivity contribution in [3.05, 3.63) is 89.5 Å². The Labute approximate surface area is 176 Å². The van der Waals surface area contributed by atoms with E-state index in [4.69, 9.17) is 9.47 Å². The van der Waals surface area contributed by atoms with Crippen molar-refractivity contribution in [2.75, 3.05) is 19.5 Å². The molecule has 30 heavy (non-hydrogen) atoms. The maximum absolute atomic E-state index is 12.9. The van der Waals surface area contributed by atoms with Gasteiger partial charge in [-0.1, -0.05) is 48.5 Å². The highest BCUT2D eigenvalue weighted by molar-refractivity contribution is 6.11. The zero-order valence-corrected chi connectivity index (χ0v) is 17.2. The van der Waals surface area contributed by atoms with Gasteiger partial charge in [-0.2, -0.15) is 0 Å². The topological polar surface area (TPSA) is 64.6 Å². The van der Waals surface area contributed by atoms with Gasteiger partial charge in [0.05, 0.1) is 25.5 Å². The van der Waals surface area contributed by atoms with Crippen molar-refractivity contribution in [1.29, 1.82) is 0 Å². The number of amides is 1. The SMILES string of the molecule is COc1ccccc1C(=O)Nc1c(OC)cccc1C(=O)CCCc1ccccc1. The minimum Gasteiger partial charge on any atom is -0.496 e. The Morgan fingerprint density at radius 2 is 1.40 bits per heavy atom. The fourth-order valence-electron chi connectivity index (χ4n) is 3.31. The summed E-state index contributed by atoms with van der Waals surface area (Å²) in [5, 5.41) is 2.85. The van der Waals surface area contributed by atoms with E-state index >= 15 is 0 Å². The first-order valence-electron chi connectivity index (χ1n) is 9.82. The van der Waals surface area contributed by atoms with Crippen LogP contribution < -0.4 is 14.8 Å². The van der Waals surface area contributed by atoms with Crippen LogP contribution in [0.25, 0.3) is 0 Å². The lowest BCUT2D eigenvalue weighted by atomic mass is 10.0. The number of methoxy groups -OCH3 is 2. The smallest absolute Gasteiger partial charge is 0.259 e. The van der Waals surface area contributed by atoms with Crippen molar-refractivity contribution in [2.45, 2.75) is 19.3 Å². The van der Waals surface area contributed by atoms with E-state index in [1.54, 1.807) is 42.5 Å². The standard InChI is InChI=1S/C25H25NO4/c1-29-22-16-7-6-13-20(22)25(28)26-24-19(14-9-17-23(24)30-2)21(27)15-8-12-18-10-4-3-5-11-18/h3-7,9-11,13-14,16-17H,8,12,15H2,1-2H3,(H,26,28). The molecule has 0 saturated heterocycles. The number of hydrogen-bond acceptors (Lipinski definition) is 4. The van der Waals surface area contributed by atoms with Gasteiger partial charge in [-0.15, -0.1) is 0 Å². The molecule has 0 bridgehead atoms. The molecule has 0 saturated carbocycles. The molecule has 0 spiro atoms. The summed E-state index contributed by atoms with van der Waals surface area (Å²) in [5.41, 5.74) is 2.39. The highest BCUT2D eigenvalue weighted by Gasteiger charge is 2.20. The third kappa shape index (κ3) is 5.06. The molecule has 0 fully saturated rings. The van der Waals surface area contributed by atoms with Crippen LogP contribution in [0.4, 0.5) is 5.69 Å². The number of carbonyl (C=O) groups is 2. The normalized spacial score (nSPS) is 10.3. The molecule has 0 aliphatic carbocycles. The quantitative estimate of drug-likeness (QED) is 0.501. The van der Waals surface area contributed by atoms with Crippen molar-refractivity contribution >= 4 is 17.4 Å². The van der Waals surface area contributed by atoms with Crippen molar-refractivity contribution in [1.82, 2.24) is 0 Å². The second kappa shape index (κ2) is 10.3. The van der Waals surface area contributed by atoms with E-state index in [2.05, 4.69) is 17.4 Å². The number of carbonyl (C=O) groups excluding carboxylic acids is 2. The van der Waals surface area contributed by atoms with Gasteiger partial charge in [0.25, 0.3) is 5.91 Å². The molecule has 5 nitrogen and oxygen atoms in total. The molecule has 0 aromatic heterocycles. The Balaban J connectivity index is 1.78. The van der Waals surface area contributed by atoms with Crippen LogP contribution in [0.3, 0.4) is 0 Å². The lowest BCUT2D eigenvalue weighted by Gasteiger charge is -2.15. The summed E-state index contributed by atoms with van der Waals surface area (Å²) in [6.45, 7) is 0. The minimum atomic E-state index is -0.365. The lowest BCUT2D eigenvalue weighted by Crippen LogP contribution is -2.16.